The lowest BCUT2D eigenvalue weighted by Crippen LogP contribution is -2.37. The van der Waals surface area contributed by atoms with Crippen LogP contribution in [0.5, 0.6) is 0 Å². The maximum atomic E-state index is 13.0. The lowest BCUT2D eigenvalue weighted by atomic mass is 10.1. The summed E-state index contributed by atoms with van der Waals surface area (Å²) in [5, 5.41) is 12.0. The number of carbonyl (C=O) groups is 2. The number of benzene rings is 1. The van der Waals surface area contributed by atoms with Gasteiger partial charge in [0.25, 0.3) is 5.91 Å². The van der Waals surface area contributed by atoms with E-state index in [9.17, 15) is 9.59 Å². The number of carbonyl (C=O) groups excluding carboxylic acids is 2. The van der Waals surface area contributed by atoms with E-state index >= 15 is 0 Å². The summed E-state index contributed by atoms with van der Waals surface area (Å²) in [6.45, 7) is 3.99. The van der Waals surface area contributed by atoms with Gasteiger partial charge in [-0.3, -0.25) is 4.79 Å². The van der Waals surface area contributed by atoms with E-state index in [-0.39, 0.29) is 11.9 Å². The Balaban J connectivity index is 1.18. The van der Waals surface area contributed by atoms with Crippen LogP contribution in [0.3, 0.4) is 0 Å². The van der Waals surface area contributed by atoms with Crippen LogP contribution >= 0.6 is 0 Å². The molecule has 0 bridgehead atoms. The predicted molar refractivity (Wildman–Crippen MR) is 151 cm³/mol. The quantitative estimate of drug-likeness (QED) is 0.269. The molecule has 1 aliphatic carbocycles. The van der Waals surface area contributed by atoms with Crippen LogP contribution in [0, 0.1) is 0 Å². The van der Waals surface area contributed by atoms with Gasteiger partial charge in [0.2, 0.25) is 0 Å². The van der Waals surface area contributed by atoms with Crippen molar-refractivity contribution < 1.29 is 9.59 Å². The van der Waals surface area contributed by atoms with E-state index in [1.807, 2.05) is 18.2 Å². The van der Waals surface area contributed by atoms with Crippen molar-refractivity contribution in [2.45, 2.75) is 44.7 Å². The van der Waals surface area contributed by atoms with Crippen LogP contribution in [0.4, 0.5) is 22.1 Å². The van der Waals surface area contributed by atoms with Gasteiger partial charge in [0.15, 0.2) is 5.82 Å². The summed E-state index contributed by atoms with van der Waals surface area (Å²) in [4.78, 5) is 40.8. The molecule has 1 aliphatic heterocycles. The van der Waals surface area contributed by atoms with Gasteiger partial charge in [-0.1, -0.05) is 12.5 Å². The number of anilines is 3. The van der Waals surface area contributed by atoms with E-state index in [2.05, 4.69) is 36.1 Å². The Hall–Kier alpha value is -4.25. The maximum absolute atomic E-state index is 13.0. The average Bonchev–Trinajstić information content (AvgIpc) is 3.78. The van der Waals surface area contributed by atoms with Crippen LogP contribution in [0.1, 0.15) is 48.0 Å². The fourth-order valence-electron chi connectivity index (χ4n) is 4.42. The topological polar surface area (TPSA) is 150 Å². The number of nitrogens with zero attached hydrogens (tertiary/aromatic N) is 4. The predicted octanol–water partition coefficient (Wildman–Crippen LogP) is 3.23. The van der Waals surface area contributed by atoms with Gasteiger partial charge in [0, 0.05) is 49.3 Å². The fraction of sp³-hybridized carbons (Fsp3) is 0.393. The molecule has 0 unspecified atom stereocenters. The number of piperidine rings is 1. The van der Waals surface area contributed by atoms with Crippen molar-refractivity contribution in [1.29, 1.82) is 0 Å². The third-order valence-electron chi connectivity index (χ3n) is 6.82. The third-order valence-corrected chi connectivity index (χ3v) is 6.82. The number of nitrogen functional groups attached to an aromatic ring is 1. The van der Waals surface area contributed by atoms with E-state index in [0.29, 0.717) is 47.8 Å². The molecular formula is C28H35N9O2. The fourth-order valence-corrected chi connectivity index (χ4v) is 4.42. The largest absolute Gasteiger partial charge is 0.384 e. The van der Waals surface area contributed by atoms with E-state index < -0.39 is 0 Å². The number of nitrogens with one attached hydrogen (secondary N) is 4. The molecule has 3 amide bonds. The van der Waals surface area contributed by atoms with Crippen LogP contribution in [-0.4, -0.2) is 64.0 Å². The molecule has 0 spiro atoms. The third kappa shape index (κ3) is 7.64. The Labute approximate surface area is 228 Å². The number of nitrogens with two attached hydrogens (primary N) is 1. The zero-order valence-corrected chi connectivity index (χ0v) is 21.9. The minimum Gasteiger partial charge on any atom is -0.384 e. The summed E-state index contributed by atoms with van der Waals surface area (Å²) in [5.41, 5.74) is 8.31. The summed E-state index contributed by atoms with van der Waals surface area (Å²) < 4.78 is 0. The molecule has 3 aromatic rings. The van der Waals surface area contributed by atoms with Gasteiger partial charge in [0.05, 0.1) is 0 Å². The van der Waals surface area contributed by atoms with Crippen LogP contribution in [-0.2, 0) is 6.54 Å². The Morgan fingerprint density at radius 2 is 1.74 bits per heavy atom. The molecule has 1 saturated heterocycles. The van der Waals surface area contributed by atoms with Gasteiger partial charge in [0.1, 0.15) is 17.2 Å². The first kappa shape index (κ1) is 26.4. The normalized spacial score (nSPS) is 15.4. The number of likely N-dealkylation sites (tertiary alicyclic amines) is 1. The van der Waals surface area contributed by atoms with Gasteiger partial charge in [-0.25, -0.2) is 19.7 Å². The molecule has 204 valence electrons. The van der Waals surface area contributed by atoms with Crippen LogP contribution in [0.2, 0.25) is 0 Å². The van der Waals surface area contributed by atoms with Crippen molar-refractivity contribution in [2.75, 3.05) is 42.5 Å². The molecule has 6 N–H and O–H groups in total. The van der Waals surface area contributed by atoms with Crippen molar-refractivity contribution in [2.24, 2.45) is 0 Å². The number of urea groups is 1. The molecule has 2 aliphatic rings. The van der Waals surface area contributed by atoms with Crippen molar-refractivity contribution in [3.63, 3.8) is 0 Å². The zero-order chi connectivity index (χ0) is 27.0. The molecule has 39 heavy (non-hydrogen) atoms. The molecule has 11 nitrogen and oxygen atoms in total. The number of hydrogen-bond donors (Lipinski definition) is 5. The van der Waals surface area contributed by atoms with Gasteiger partial charge in [-0.05, 0) is 74.7 Å². The van der Waals surface area contributed by atoms with E-state index in [1.54, 1.807) is 30.6 Å². The highest BCUT2D eigenvalue weighted by Gasteiger charge is 2.25. The second-order valence-corrected chi connectivity index (χ2v) is 10.0. The van der Waals surface area contributed by atoms with Crippen molar-refractivity contribution in [1.82, 2.24) is 30.5 Å². The molecule has 5 rings (SSSR count). The van der Waals surface area contributed by atoms with Crippen LogP contribution in [0.25, 0.3) is 11.4 Å². The molecule has 1 saturated carbocycles. The minimum absolute atomic E-state index is 0.165. The average molecular weight is 530 g/mol. The lowest BCUT2D eigenvalue weighted by Gasteiger charge is -2.26. The monoisotopic (exact) mass is 529 g/mol. The summed E-state index contributed by atoms with van der Waals surface area (Å²) in [6, 6.07) is 10.8. The molecule has 1 aromatic carbocycles. The molecule has 0 radical (unpaired) electrons. The Kier molecular flexibility index (Phi) is 8.47. The summed E-state index contributed by atoms with van der Waals surface area (Å²) in [5.74, 6) is 1.33. The first-order valence-electron chi connectivity index (χ1n) is 13.5. The van der Waals surface area contributed by atoms with Gasteiger partial charge >= 0.3 is 6.03 Å². The van der Waals surface area contributed by atoms with E-state index in [1.165, 1.54) is 19.3 Å². The van der Waals surface area contributed by atoms with Crippen LogP contribution in [0.15, 0.2) is 48.8 Å². The summed E-state index contributed by atoms with van der Waals surface area (Å²) in [6.07, 6.45) is 9.09. The number of rotatable bonds is 10. The second-order valence-electron chi connectivity index (χ2n) is 10.0. The number of amides is 3. The number of pyridine rings is 1. The molecule has 3 heterocycles. The first-order chi connectivity index (χ1) is 19.0. The Morgan fingerprint density at radius 1 is 0.949 bits per heavy atom. The molecular weight excluding hydrogens is 494 g/mol. The van der Waals surface area contributed by atoms with Crippen molar-refractivity contribution >= 4 is 29.3 Å². The zero-order valence-electron chi connectivity index (χ0n) is 21.9. The number of hydrogen-bond acceptors (Lipinski definition) is 8. The standard InChI is InChI=1S/C28H35N9O2/c29-24-11-4-19(16-31-24)17-33-28(39)35-22-7-5-20(6-8-22)25-32-18-23(26(36-25)34-21-9-10-21)27(38)30-12-15-37-13-2-1-3-14-37/h4-8,11,16,18,21H,1-3,9-10,12-15,17H2,(H2,29,31)(H,30,38)(H,32,34,36)(H2,33,35,39). The molecule has 0 atom stereocenters. The number of aromatic nitrogens is 3. The highest BCUT2D eigenvalue weighted by atomic mass is 16.2. The molecule has 2 aromatic heterocycles. The summed E-state index contributed by atoms with van der Waals surface area (Å²) >= 11 is 0. The SMILES string of the molecule is Nc1ccc(CNC(=O)Nc2ccc(-c3ncc(C(=O)NCCN4CCCCC4)c(NC4CC4)n3)cc2)cn1. The van der Waals surface area contributed by atoms with Gasteiger partial charge in [-0.2, -0.15) is 0 Å². The summed E-state index contributed by atoms with van der Waals surface area (Å²) in [7, 11) is 0. The minimum atomic E-state index is -0.331. The van der Waals surface area contributed by atoms with Gasteiger partial charge < -0.3 is 31.9 Å². The smallest absolute Gasteiger partial charge is 0.319 e. The highest BCUT2D eigenvalue weighted by molar-refractivity contribution is 5.98. The van der Waals surface area contributed by atoms with Crippen LogP contribution < -0.4 is 27.0 Å². The van der Waals surface area contributed by atoms with Gasteiger partial charge in [-0.15, -0.1) is 0 Å². The van der Waals surface area contributed by atoms with E-state index in [0.717, 1.165) is 43.6 Å². The van der Waals surface area contributed by atoms with Crippen molar-refractivity contribution in [3.8, 4) is 11.4 Å². The lowest BCUT2D eigenvalue weighted by molar-refractivity contribution is 0.0946. The first-order valence-corrected chi connectivity index (χ1v) is 13.5. The molecule has 11 heteroatoms. The van der Waals surface area contributed by atoms with Crippen molar-refractivity contribution in [3.05, 3.63) is 59.9 Å². The second kappa shape index (κ2) is 12.5. The maximum Gasteiger partial charge on any atom is 0.319 e. The highest BCUT2D eigenvalue weighted by Crippen LogP contribution is 2.27. The molecule has 2 fully saturated rings. The Bertz CT molecular complexity index is 1270. The van der Waals surface area contributed by atoms with E-state index in [4.69, 9.17) is 10.7 Å². The Morgan fingerprint density at radius 3 is 2.46 bits per heavy atom.